The van der Waals surface area contributed by atoms with E-state index in [0.717, 1.165) is 6.07 Å². The molecule has 0 radical (unpaired) electrons. The van der Waals surface area contributed by atoms with Crippen molar-refractivity contribution in [3.05, 3.63) is 29.8 Å². The van der Waals surface area contributed by atoms with E-state index < -0.39 is 11.6 Å². The molecule has 0 saturated heterocycles. The van der Waals surface area contributed by atoms with Crippen LogP contribution in [-0.4, -0.2) is 6.26 Å². The molecule has 0 aliphatic rings. The molecule has 0 bridgehead atoms. The fourth-order valence-electron chi connectivity index (χ4n) is 0.638. The lowest BCUT2D eigenvalue weighted by Crippen LogP contribution is -1.84. The lowest BCUT2D eigenvalue weighted by Gasteiger charge is -1.98. The Morgan fingerprint density at radius 1 is 1.27 bits per heavy atom. The molecule has 0 N–H and O–H groups in total. The van der Waals surface area contributed by atoms with Crippen LogP contribution in [0.15, 0.2) is 23.1 Å². The second-order valence-corrected chi connectivity index (χ2v) is 4.24. The van der Waals surface area contributed by atoms with Crippen molar-refractivity contribution in [2.24, 2.45) is 0 Å². The van der Waals surface area contributed by atoms with Crippen LogP contribution in [0.2, 0.25) is 0 Å². The second-order valence-electron chi connectivity index (χ2n) is 1.80. The minimum absolute atomic E-state index is 0.345. The lowest BCUT2D eigenvalue weighted by molar-refractivity contribution is 0.492. The van der Waals surface area contributed by atoms with Crippen molar-refractivity contribution >= 4 is 21.6 Å². The molecule has 0 saturated carbocycles. The number of hydrogen-bond donors (Lipinski definition) is 0. The first-order valence-corrected chi connectivity index (χ1v) is 5.46. The third kappa shape index (κ3) is 2.10. The van der Waals surface area contributed by atoms with Gasteiger partial charge in [-0.25, -0.2) is 8.78 Å². The van der Waals surface area contributed by atoms with E-state index in [1.54, 1.807) is 6.07 Å². The quantitative estimate of drug-likeness (QED) is 0.659. The van der Waals surface area contributed by atoms with Crippen molar-refractivity contribution in [3.8, 4) is 0 Å². The highest BCUT2D eigenvalue weighted by molar-refractivity contribution is 8.76. The maximum absolute atomic E-state index is 12.8. The summed E-state index contributed by atoms with van der Waals surface area (Å²) in [5.74, 6) is -1.55. The molecule has 0 aliphatic carbocycles. The predicted octanol–water partition coefficient (Wildman–Crippen LogP) is 3.33. The first kappa shape index (κ1) is 8.87. The summed E-state index contributed by atoms with van der Waals surface area (Å²) in [5, 5.41) is 0. The molecule has 1 aromatic carbocycles. The minimum Gasteiger partial charge on any atom is -0.204 e. The van der Waals surface area contributed by atoms with Crippen molar-refractivity contribution in [2.45, 2.75) is 4.90 Å². The van der Waals surface area contributed by atoms with Gasteiger partial charge in [0.05, 0.1) is 4.90 Å². The van der Waals surface area contributed by atoms with E-state index in [1.807, 2.05) is 6.26 Å². The summed E-state index contributed by atoms with van der Waals surface area (Å²) in [5.41, 5.74) is 0. The summed E-state index contributed by atoms with van der Waals surface area (Å²) in [6, 6.07) is 4.16. The topological polar surface area (TPSA) is 0 Å². The Morgan fingerprint density at radius 3 is 2.64 bits per heavy atom. The molecule has 11 heavy (non-hydrogen) atoms. The van der Waals surface area contributed by atoms with E-state index in [-0.39, 0.29) is 0 Å². The highest BCUT2D eigenvalue weighted by Crippen LogP contribution is 2.31. The largest absolute Gasteiger partial charge is 0.204 e. The Kier molecular flexibility index (Phi) is 3.20. The standard InChI is InChI=1S/C7H6F2S2/c1-10-11-6-4-2-3-5(8)7(6)9/h2-4H,1H3. The molecule has 0 aromatic heterocycles. The van der Waals surface area contributed by atoms with E-state index in [2.05, 4.69) is 0 Å². The number of halogens is 2. The van der Waals surface area contributed by atoms with Crippen molar-refractivity contribution in [2.75, 3.05) is 6.26 Å². The van der Waals surface area contributed by atoms with E-state index in [1.165, 1.54) is 27.7 Å². The molecule has 4 heteroatoms. The zero-order valence-corrected chi connectivity index (χ0v) is 7.44. The summed E-state index contributed by atoms with van der Waals surface area (Å²) in [4.78, 5) is 0.345. The number of benzene rings is 1. The van der Waals surface area contributed by atoms with Gasteiger partial charge in [0.15, 0.2) is 11.6 Å². The van der Waals surface area contributed by atoms with Crippen LogP contribution in [0.1, 0.15) is 0 Å². The normalized spacial score (nSPS) is 10.1. The van der Waals surface area contributed by atoms with Crippen molar-refractivity contribution in [3.63, 3.8) is 0 Å². The van der Waals surface area contributed by atoms with Gasteiger partial charge >= 0.3 is 0 Å². The summed E-state index contributed by atoms with van der Waals surface area (Å²) < 4.78 is 25.3. The van der Waals surface area contributed by atoms with Crippen LogP contribution in [0.25, 0.3) is 0 Å². The monoisotopic (exact) mass is 192 g/mol. The van der Waals surface area contributed by atoms with Gasteiger partial charge in [-0.15, -0.1) is 0 Å². The molecule has 0 spiro atoms. The fourth-order valence-corrected chi connectivity index (χ4v) is 2.05. The Hall–Kier alpha value is -0.220. The van der Waals surface area contributed by atoms with Gasteiger partial charge in [0.1, 0.15) is 0 Å². The van der Waals surface area contributed by atoms with Gasteiger partial charge in [0, 0.05) is 0 Å². The first-order chi connectivity index (χ1) is 5.25. The Bertz CT molecular complexity index is 250. The van der Waals surface area contributed by atoms with Crippen molar-refractivity contribution in [1.82, 2.24) is 0 Å². The van der Waals surface area contributed by atoms with Gasteiger partial charge in [-0.2, -0.15) is 0 Å². The summed E-state index contributed by atoms with van der Waals surface area (Å²) >= 11 is 0. The molecule has 1 rings (SSSR count). The van der Waals surface area contributed by atoms with Gasteiger partial charge in [-0.05, 0) is 18.4 Å². The van der Waals surface area contributed by atoms with Gasteiger partial charge in [0.25, 0.3) is 0 Å². The zero-order valence-electron chi connectivity index (χ0n) is 5.80. The van der Waals surface area contributed by atoms with E-state index >= 15 is 0 Å². The smallest absolute Gasteiger partial charge is 0.173 e. The maximum atomic E-state index is 12.8. The minimum atomic E-state index is -0.788. The van der Waals surface area contributed by atoms with Crippen LogP contribution in [-0.2, 0) is 0 Å². The lowest BCUT2D eigenvalue weighted by atomic mass is 10.3. The highest BCUT2D eigenvalue weighted by atomic mass is 33.1. The number of hydrogen-bond acceptors (Lipinski definition) is 2. The third-order valence-corrected chi connectivity index (χ3v) is 2.79. The van der Waals surface area contributed by atoms with Crippen molar-refractivity contribution < 1.29 is 8.78 Å². The molecule has 0 unspecified atom stereocenters. The molecule has 0 fully saturated rings. The van der Waals surface area contributed by atoms with Crippen LogP contribution in [0.3, 0.4) is 0 Å². The molecule has 0 atom stereocenters. The molecule has 0 heterocycles. The van der Waals surface area contributed by atoms with Gasteiger partial charge in [0.2, 0.25) is 0 Å². The molecule has 0 nitrogen and oxygen atoms in total. The Balaban J connectivity index is 2.96. The Morgan fingerprint density at radius 2 is 2.00 bits per heavy atom. The Labute approximate surface area is 71.8 Å². The van der Waals surface area contributed by atoms with E-state index in [0.29, 0.717) is 4.90 Å². The van der Waals surface area contributed by atoms with Crippen LogP contribution in [0, 0.1) is 11.6 Å². The summed E-state index contributed by atoms with van der Waals surface area (Å²) in [7, 11) is 2.61. The summed E-state index contributed by atoms with van der Waals surface area (Å²) in [6.07, 6.45) is 1.81. The van der Waals surface area contributed by atoms with Crippen molar-refractivity contribution in [1.29, 1.82) is 0 Å². The second kappa shape index (κ2) is 3.97. The van der Waals surface area contributed by atoms with E-state index in [9.17, 15) is 8.78 Å². The highest BCUT2D eigenvalue weighted by Gasteiger charge is 2.06. The fraction of sp³-hybridized carbons (Fsp3) is 0.143. The third-order valence-electron chi connectivity index (χ3n) is 1.09. The average molecular weight is 192 g/mol. The molecule has 60 valence electrons. The predicted molar refractivity (Wildman–Crippen MR) is 45.7 cm³/mol. The first-order valence-electron chi connectivity index (χ1n) is 2.90. The molecular formula is C7H6F2S2. The van der Waals surface area contributed by atoms with E-state index in [4.69, 9.17) is 0 Å². The summed E-state index contributed by atoms with van der Waals surface area (Å²) in [6.45, 7) is 0. The van der Waals surface area contributed by atoms with Crippen LogP contribution < -0.4 is 0 Å². The maximum Gasteiger partial charge on any atom is 0.173 e. The van der Waals surface area contributed by atoms with Gasteiger partial charge in [-0.3, -0.25) is 0 Å². The molecular weight excluding hydrogens is 186 g/mol. The molecule has 0 amide bonds. The SMILES string of the molecule is CSSc1cccc(F)c1F. The van der Waals surface area contributed by atoms with Gasteiger partial charge in [-0.1, -0.05) is 27.7 Å². The average Bonchev–Trinajstić information content (AvgIpc) is 1.99. The zero-order chi connectivity index (χ0) is 8.27. The molecule has 0 aliphatic heterocycles. The molecule has 1 aromatic rings. The van der Waals surface area contributed by atoms with Gasteiger partial charge < -0.3 is 0 Å². The number of rotatable bonds is 2. The van der Waals surface area contributed by atoms with Crippen LogP contribution in [0.4, 0.5) is 8.78 Å². The van der Waals surface area contributed by atoms with Crippen LogP contribution in [0.5, 0.6) is 0 Å². The van der Waals surface area contributed by atoms with Crippen LogP contribution >= 0.6 is 21.6 Å².